The van der Waals surface area contributed by atoms with Crippen molar-refractivity contribution in [3.05, 3.63) is 63.8 Å². The highest BCUT2D eigenvalue weighted by Gasteiger charge is 2.19. The van der Waals surface area contributed by atoms with Crippen LogP contribution in [-0.2, 0) is 0 Å². The molecule has 10 heteroatoms. The molecule has 0 unspecified atom stereocenters. The Morgan fingerprint density at radius 2 is 1.95 bits per heavy atom. The Bertz CT molecular complexity index is 903. The van der Waals surface area contributed by atoms with Crippen molar-refractivity contribution in [3.63, 3.8) is 0 Å². The predicted molar refractivity (Wildman–Crippen MR) is 84.1 cm³/mol. The van der Waals surface area contributed by atoms with E-state index < -0.39 is 21.9 Å². The first-order chi connectivity index (χ1) is 10.3. The second kappa shape index (κ2) is 6.16. The van der Waals surface area contributed by atoms with Gasteiger partial charge in [0.15, 0.2) is 0 Å². The number of rotatable bonds is 3. The molecular formula is C12H7BrClN3O5. The van der Waals surface area contributed by atoms with Crippen LogP contribution in [0.3, 0.4) is 0 Å². The maximum Gasteiger partial charge on any atom is 0.357 e. The molecule has 2 rings (SSSR count). The van der Waals surface area contributed by atoms with Crippen molar-refractivity contribution in [2.45, 2.75) is 0 Å². The summed E-state index contributed by atoms with van der Waals surface area (Å²) in [5.74, 6) is -0.240. The minimum Gasteiger partial charge on any atom is -0.506 e. The molecule has 0 saturated heterocycles. The molecule has 8 nitrogen and oxygen atoms in total. The number of hydrogen-bond acceptors (Lipinski definition) is 5. The van der Waals surface area contributed by atoms with Gasteiger partial charge in [-0.15, -0.1) is 0 Å². The summed E-state index contributed by atoms with van der Waals surface area (Å²) in [4.78, 5) is 36.6. The zero-order valence-corrected chi connectivity index (χ0v) is 12.9. The summed E-state index contributed by atoms with van der Waals surface area (Å²) in [5.41, 5.74) is -2.86. The normalized spacial score (nSPS) is 11.0. The van der Waals surface area contributed by atoms with Crippen molar-refractivity contribution in [2.75, 3.05) is 0 Å². The Balaban J connectivity index is 2.59. The van der Waals surface area contributed by atoms with E-state index in [1.54, 1.807) is 4.98 Å². The van der Waals surface area contributed by atoms with Crippen molar-refractivity contribution in [3.8, 4) is 5.75 Å². The first kappa shape index (κ1) is 16.0. The lowest BCUT2D eigenvalue weighted by Gasteiger charge is -2.03. The first-order valence-electron chi connectivity index (χ1n) is 5.66. The predicted octanol–water partition coefficient (Wildman–Crippen LogP) is 2.26. The third-order valence-electron chi connectivity index (χ3n) is 2.62. The number of phenolic OH excluding ortho intramolecular Hbond substituents is 1. The number of nitrogens with one attached hydrogen (secondary N) is 2. The van der Waals surface area contributed by atoms with E-state index in [-0.39, 0.29) is 22.0 Å². The Labute approximate surface area is 135 Å². The van der Waals surface area contributed by atoms with E-state index >= 15 is 0 Å². The summed E-state index contributed by atoms with van der Waals surface area (Å²) in [6.45, 7) is 0. The van der Waals surface area contributed by atoms with Crippen LogP contribution in [0.15, 0.2) is 26.2 Å². The monoisotopic (exact) mass is 387 g/mol. The fraction of sp³-hybridized carbons (Fsp3) is 0. The molecular weight excluding hydrogens is 382 g/mol. The number of benzene rings is 1. The lowest BCUT2D eigenvalue weighted by Crippen LogP contribution is -2.25. The van der Waals surface area contributed by atoms with E-state index in [0.717, 1.165) is 6.08 Å². The van der Waals surface area contributed by atoms with Crippen molar-refractivity contribution < 1.29 is 10.0 Å². The second-order valence-electron chi connectivity index (χ2n) is 4.09. The summed E-state index contributed by atoms with van der Waals surface area (Å²) in [7, 11) is 0. The van der Waals surface area contributed by atoms with Crippen LogP contribution in [0.1, 0.15) is 11.3 Å². The van der Waals surface area contributed by atoms with Gasteiger partial charge in [0.05, 0.1) is 9.95 Å². The molecule has 0 atom stereocenters. The summed E-state index contributed by atoms with van der Waals surface area (Å²) in [6.07, 6.45) is 2.41. The zero-order valence-electron chi connectivity index (χ0n) is 10.6. The standard InChI is InChI=1S/C12H7BrClN3O5/c13-6-3-5(10(18)7(14)4-6)1-2-8-9(17(21)22)11(19)16-12(20)15-8/h1-4,18H,(H2,15,16,19,20)/b2-1+. The van der Waals surface area contributed by atoms with Crippen LogP contribution < -0.4 is 11.2 Å². The van der Waals surface area contributed by atoms with E-state index in [1.165, 1.54) is 18.2 Å². The lowest BCUT2D eigenvalue weighted by atomic mass is 10.1. The fourth-order valence-electron chi connectivity index (χ4n) is 1.69. The summed E-state index contributed by atoms with van der Waals surface area (Å²) in [6, 6.07) is 2.97. The van der Waals surface area contributed by atoms with Crippen LogP contribution in [-0.4, -0.2) is 20.0 Å². The third-order valence-corrected chi connectivity index (χ3v) is 3.36. The van der Waals surface area contributed by atoms with Gasteiger partial charge in [-0.25, -0.2) is 4.79 Å². The number of aromatic hydroxyl groups is 1. The van der Waals surface area contributed by atoms with Gasteiger partial charge in [-0.05, 0) is 24.3 Å². The summed E-state index contributed by atoms with van der Waals surface area (Å²) < 4.78 is 0.573. The van der Waals surface area contributed by atoms with Gasteiger partial charge in [0.2, 0.25) is 0 Å². The van der Waals surface area contributed by atoms with E-state index in [4.69, 9.17) is 11.6 Å². The molecule has 0 aliphatic heterocycles. The molecule has 1 heterocycles. The maximum absolute atomic E-state index is 11.5. The van der Waals surface area contributed by atoms with Gasteiger partial charge in [-0.2, -0.15) is 0 Å². The largest absolute Gasteiger partial charge is 0.506 e. The second-order valence-corrected chi connectivity index (χ2v) is 5.41. The molecule has 3 N–H and O–H groups in total. The number of halogens is 2. The van der Waals surface area contributed by atoms with Gasteiger partial charge in [0.1, 0.15) is 11.4 Å². The van der Waals surface area contributed by atoms with Crippen LogP contribution in [0.5, 0.6) is 5.75 Å². The number of phenols is 1. The van der Waals surface area contributed by atoms with E-state index in [1.807, 2.05) is 0 Å². The lowest BCUT2D eigenvalue weighted by molar-refractivity contribution is -0.386. The summed E-state index contributed by atoms with van der Waals surface area (Å²) >= 11 is 8.98. The maximum atomic E-state index is 11.5. The number of nitro groups is 1. The van der Waals surface area contributed by atoms with Crippen LogP contribution in [0.4, 0.5) is 5.69 Å². The highest BCUT2D eigenvalue weighted by molar-refractivity contribution is 9.10. The van der Waals surface area contributed by atoms with Crippen LogP contribution in [0, 0.1) is 10.1 Å². The molecule has 114 valence electrons. The molecule has 0 bridgehead atoms. The highest BCUT2D eigenvalue weighted by Crippen LogP contribution is 2.32. The van der Waals surface area contributed by atoms with Crippen LogP contribution in [0.25, 0.3) is 12.2 Å². The number of H-pyrrole nitrogens is 2. The zero-order chi connectivity index (χ0) is 16.4. The Hall–Kier alpha value is -2.39. The molecule has 0 saturated carbocycles. The first-order valence-corrected chi connectivity index (χ1v) is 6.83. The van der Waals surface area contributed by atoms with Crippen molar-refractivity contribution >= 4 is 45.4 Å². The highest BCUT2D eigenvalue weighted by atomic mass is 79.9. The van der Waals surface area contributed by atoms with Gasteiger partial charge >= 0.3 is 16.9 Å². The van der Waals surface area contributed by atoms with Crippen molar-refractivity contribution in [1.29, 1.82) is 0 Å². The topological polar surface area (TPSA) is 129 Å². The Morgan fingerprint density at radius 3 is 2.59 bits per heavy atom. The SMILES string of the molecule is O=c1[nH]c(/C=C/c2cc(Br)cc(Cl)c2O)c([N+](=O)[O-])c(=O)[nH]1. The molecule has 0 amide bonds. The molecule has 0 aliphatic carbocycles. The minimum absolute atomic E-state index is 0.0722. The number of aromatic amines is 2. The van der Waals surface area contributed by atoms with Gasteiger partial charge in [-0.3, -0.25) is 19.9 Å². The molecule has 2 aromatic rings. The van der Waals surface area contributed by atoms with E-state index in [0.29, 0.717) is 4.47 Å². The van der Waals surface area contributed by atoms with Gasteiger partial charge in [0.25, 0.3) is 0 Å². The van der Waals surface area contributed by atoms with Crippen molar-refractivity contribution in [2.24, 2.45) is 0 Å². The minimum atomic E-state index is -1.12. The van der Waals surface area contributed by atoms with Crippen LogP contribution >= 0.6 is 27.5 Å². The summed E-state index contributed by atoms with van der Waals surface area (Å²) in [5, 5.41) is 20.8. The third kappa shape index (κ3) is 3.26. The van der Waals surface area contributed by atoms with E-state index in [9.17, 15) is 24.8 Å². The molecule has 1 aromatic heterocycles. The molecule has 0 fully saturated rings. The fourth-order valence-corrected chi connectivity index (χ4v) is 2.52. The van der Waals surface area contributed by atoms with E-state index in [2.05, 4.69) is 20.9 Å². The molecule has 0 radical (unpaired) electrons. The molecule has 0 spiro atoms. The average Bonchev–Trinajstić information content (AvgIpc) is 2.39. The Morgan fingerprint density at radius 1 is 1.27 bits per heavy atom. The molecule has 1 aromatic carbocycles. The quantitative estimate of drug-likeness (QED) is 0.548. The average molecular weight is 389 g/mol. The van der Waals surface area contributed by atoms with Gasteiger partial charge < -0.3 is 10.1 Å². The number of hydrogen-bond donors (Lipinski definition) is 3. The Kier molecular flexibility index (Phi) is 4.48. The van der Waals surface area contributed by atoms with Crippen LogP contribution in [0.2, 0.25) is 5.02 Å². The van der Waals surface area contributed by atoms with Gasteiger partial charge in [0, 0.05) is 10.0 Å². The smallest absolute Gasteiger partial charge is 0.357 e. The molecule has 22 heavy (non-hydrogen) atoms. The number of aromatic nitrogens is 2. The molecule has 0 aliphatic rings. The van der Waals surface area contributed by atoms with Gasteiger partial charge in [-0.1, -0.05) is 27.5 Å². The van der Waals surface area contributed by atoms with Crippen molar-refractivity contribution in [1.82, 2.24) is 9.97 Å². The number of nitrogens with zero attached hydrogens (tertiary/aromatic N) is 1.